The number of amides is 1. The van der Waals surface area contributed by atoms with Crippen LogP contribution in [0.3, 0.4) is 0 Å². The first-order valence-electron chi connectivity index (χ1n) is 18.8. The number of nitrogens with zero attached hydrogens (tertiary/aromatic N) is 3. The quantitative estimate of drug-likeness (QED) is 0.130. The summed E-state index contributed by atoms with van der Waals surface area (Å²) in [6.07, 6.45) is 2.34. The van der Waals surface area contributed by atoms with Crippen LogP contribution in [0.15, 0.2) is 48.5 Å². The third-order valence-corrected chi connectivity index (χ3v) is 14.0. The SMILES string of the molecule is O=C(CCC1(C(=O)C[C@]2(C(=O)NS(=O)(=O)C3CC3)C[C@H]2C2CC2)CC1)c1ccc(Cc2nc(NC3(c4ccc(Cl)cc4)CC3)nc(OCC(F)(F)F)n2)cc1. The van der Waals surface area contributed by atoms with Gasteiger partial charge in [-0.25, -0.2) is 8.42 Å². The molecule has 16 heteroatoms. The average Bonchev–Trinajstić information content (AvgIpc) is 3.94. The molecule has 1 aromatic heterocycles. The molecule has 0 radical (unpaired) electrons. The molecule has 55 heavy (non-hydrogen) atoms. The van der Waals surface area contributed by atoms with E-state index in [2.05, 4.69) is 25.0 Å². The van der Waals surface area contributed by atoms with E-state index in [-0.39, 0.29) is 48.5 Å². The first kappa shape index (κ1) is 37.8. The van der Waals surface area contributed by atoms with Gasteiger partial charge in [0.2, 0.25) is 21.9 Å². The Morgan fingerprint density at radius 1 is 0.909 bits per heavy atom. The Bertz CT molecular complexity index is 2120. The van der Waals surface area contributed by atoms with Crippen molar-refractivity contribution in [3.8, 4) is 6.01 Å². The van der Waals surface area contributed by atoms with E-state index in [1.165, 1.54) is 0 Å². The summed E-state index contributed by atoms with van der Waals surface area (Å²) in [5.41, 5.74) is -0.0847. The zero-order valence-corrected chi connectivity index (χ0v) is 31.5. The van der Waals surface area contributed by atoms with Crippen molar-refractivity contribution in [2.75, 3.05) is 11.9 Å². The van der Waals surface area contributed by atoms with E-state index in [0.29, 0.717) is 60.6 Å². The standard InChI is InChI=1S/C39H41ClF3N5O6S/c40-27-9-7-26(8-10-27)38(17-18-38)47-34-44-32(45-35(46-34)54-22-39(41,42)43)19-23-1-3-25(4-2-23)30(49)13-14-36(15-16-36)31(50)21-37(20-29(37)24-5-6-24)33(51)48-55(52,53)28-11-12-28/h1-4,7-10,24,28-29H,5-6,11-22H2,(H,48,51)(H,44,45,46,47)/t29-,37+/m0/s1. The normalized spacial score (nSPS) is 23.4. The van der Waals surface area contributed by atoms with Crippen LogP contribution in [0.4, 0.5) is 19.1 Å². The summed E-state index contributed by atoms with van der Waals surface area (Å²) in [5.74, 6) is -0.145. The predicted octanol–water partition coefficient (Wildman–Crippen LogP) is 6.89. The number of nitrogens with one attached hydrogen (secondary N) is 2. The van der Waals surface area contributed by atoms with E-state index >= 15 is 0 Å². The zero-order valence-electron chi connectivity index (χ0n) is 30.0. The Kier molecular flexibility index (Phi) is 9.50. The lowest BCUT2D eigenvalue weighted by atomic mass is 9.84. The monoisotopic (exact) mass is 799 g/mol. The number of alkyl halides is 3. The number of rotatable bonds is 18. The lowest BCUT2D eigenvalue weighted by Gasteiger charge is -2.21. The molecule has 1 heterocycles. The third kappa shape index (κ3) is 8.52. The van der Waals surface area contributed by atoms with Crippen molar-refractivity contribution in [3.63, 3.8) is 0 Å². The van der Waals surface area contributed by atoms with Gasteiger partial charge in [0.25, 0.3) is 0 Å². The maximum Gasteiger partial charge on any atom is 0.422 e. The fourth-order valence-corrected chi connectivity index (χ4v) is 9.32. The number of ketones is 2. The predicted molar refractivity (Wildman–Crippen MR) is 195 cm³/mol. The Labute approximate surface area is 321 Å². The Balaban J connectivity index is 0.899. The highest BCUT2D eigenvalue weighted by atomic mass is 35.5. The molecule has 292 valence electrons. The van der Waals surface area contributed by atoms with Gasteiger partial charge in [-0.05, 0) is 99.3 Å². The minimum Gasteiger partial charge on any atom is -0.454 e. The summed E-state index contributed by atoms with van der Waals surface area (Å²) in [6, 6.07) is 13.6. The molecule has 3 aromatic rings. The molecular formula is C39H41ClF3N5O6S. The van der Waals surface area contributed by atoms with Crippen LogP contribution < -0.4 is 14.8 Å². The fraction of sp³-hybridized carbons (Fsp3) is 0.538. The highest BCUT2D eigenvalue weighted by Gasteiger charge is 2.67. The van der Waals surface area contributed by atoms with Gasteiger partial charge in [-0.3, -0.25) is 19.1 Å². The summed E-state index contributed by atoms with van der Waals surface area (Å²) in [5, 5.41) is 3.30. The van der Waals surface area contributed by atoms with E-state index < -0.39 is 56.3 Å². The van der Waals surface area contributed by atoms with Crippen molar-refractivity contribution in [2.24, 2.45) is 22.7 Å². The average molecular weight is 800 g/mol. The van der Waals surface area contributed by atoms with Gasteiger partial charge in [0.15, 0.2) is 12.4 Å². The molecule has 5 saturated carbocycles. The zero-order chi connectivity index (χ0) is 38.8. The summed E-state index contributed by atoms with van der Waals surface area (Å²) in [4.78, 5) is 53.1. The first-order chi connectivity index (χ1) is 26.1. The smallest absolute Gasteiger partial charge is 0.422 e. The van der Waals surface area contributed by atoms with Crippen molar-refractivity contribution in [1.29, 1.82) is 0 Å². The highest BCUT2D eigenvalue weighted by molar-refractivity contribution is 7.90. The van der Waals surface area contributed by atoms with Crippen LogP contribution in [0.1, 0.15) is 104 Å². The fourth-order valence-electron chi connectivity index (χ4n) is 7.81. The number of Topliss-reactive ketones (excluding diaryl/α,β-unsaturated/α-hetero) is 2. The molecule has 0 aliphatic heterocycles. The van der Waals surface area contributed by atoms with Crippen molar-refractivity contribution >= 4 is 45.0 Å². The van der Waals surface area contributed by atoms with Crippen molar-refractivity contribution < 1.29 is 40.7 Å². The van der Waals surface area contributed by atoms with E-state index in [0.717, 1.165) is 31.2 Å². The molecule has 2 aromatic carbocycles. The molecule has 2 N–H and O–H groups in total. The number of sulfonamides is 1. The third-order valence-electron chi connectivity index (χ3n) is 11.9. The van der Waals surface area contributed by atoms with Gasteiger partial charge in [-0.1, -0.05) is 48.0 Å². The van der Waals surface area contributed by atoms with Gasteiger partial charge >= 0.3 is 12.2 Å². The molecule has 2 atom stereocenters. The number of anilines is 1. The van der Waals surface area contributed by atoms with Crippen LogP contribution in [0.5, 0.6) is 6.01 Å². The van der Waals surface area contributed by atoms with E-state index in [1.807, 2.05) is 12.1 Å². The van der Waals surface area contributed by atoms with Gasteiger partial charge < -0.3 is 10.1 Å². The lowest BCUT2D eigenvalue weighted by Crippen LogP contribution is -2.41. The summed E-state index contributed by atoms with van der Waals surface area (Å²) in [6.45, 7) is -1.57. The second kappa shape index (κ2) is 13.8. The van der Waals surface area contributed by atoms with Gasteiger partial charge in [-0.2, -0.15) is 28.1 Å². The molecule has 0 bridgehead atoms. The largest absolute Gasteiger partial charge is 0.454 e. The number of halogens is 4. The van der Waals surface area contributed by atoms with E-state index in [1.54, 1.807) is 36.4 Å². The van der Waals surface area contributed by atoms with Crippen LogP contribution in [0, 0.1) is 22.7 Å². The van der Waals surface area contributed by atoms with Crippen LogP contribution in [0.2, 0.25) is 5.02 Å². The second-order valence-electron chi connectivity index (χ2n) is 16.1. The number of hydrogen-bond donors (Lipinski definition) is 2. The number of hydrogen-bond acceptors (Lipinski definition) is 10. The van der Waals surface area contributed by atoms with Crippen LogP contribution >= 0.6 is 11.6 Å². The van der Waals surface area contributed by atoms with Gasteiger partial charge in [-0.15, -0.1) is 0 Å². The second-order valence-corrected chi connectivity index (χ2v) is 18.5. The number of benzene rings is 2. The molecule has 8 rings (SSSR count). The highest BCUT2D eigenvalue weighted by Crippen LogP contribution is 2.66. The van der Waals surface area contributed by atoms with Gasteiger partial charge in [0, 0.05) is 35.3 Å². The van der Waals surface area contributed by atoms with Gasteiger partial charge in [0.1, 0.15) is 11.6 Å². The molecular weight excluding hydrogens is 759 g/mol. The number of carbonyl (C=O) groups excluding carboxylic acids is 3. The first-order valence-corrected chi connectivity index (χ1v) is 20.7. The van der Waals surface area contributed by atoms with E-state index in [4.69, 9.17) is 16.3 Å². The topological polar surface area (TPSA) is 157 Å². The lowest BCUT2D eigenvalue weighted by molar-refractivity contribution is -0.154. The van der Waals surface area contributed by atoms with Gasteiger partial charge in [0.05, 0.1) is 16.2 Å². The molecule has 11 nitrogen and oxygen atoms in total. The molecule has 5 fully saturated rings. The van der Waals surface area contributed by atoms with Crippen LogP contribution in [0.25, 0.3) is 0 Å². The summed E-state index contributed by atoms with van der Waals surface area (Å²) >= 11 is 6.05. The minimum atomic E-state index is -4.59. The number of aromatic nitrogens is 3. The van der Waals surface area contributed by atoms with Crippen molar-refractivity contribution in [2.45, 2.75) is 100 Å². The summed E-state index contributed by atoms with van der Waals surface area (Å²) in [7, 11) is -3.73. The molecule has 5 aliphatic carbocycles. The molecule has 1 amide bonds. The van der Waals surface area contributed by atoms with Crippen molar-refractivity contribution in [1.82, 2.24) is 19.7 Å². The molecule has 0 spiro atoms. The molecule has 0 unspecified atom stereocenters. The Hall–Kier alpha value is -4.11. The summed E-state index contributed by atoms with van der Waals surface area (Å²) < 4.78 is 71.3. The van der Waals surface area contributed by atoms with Crippen LogP contribution in [-0.4, -0.2) is 58.9 Å². The molecule has 0 saturated heterocycles. The number of ether oxygens (including phenoxy) is 1. The Morgan fingerprint density at radius 3 is 2.20 bits per heavy atom. The molecule has 5 aliphatic rings. The Morgan fingerprint density at radius 2 is 1.60 bits per heavy atom. The number of carbonyl (C=O) groups is 3. The van der Waals surface area contributed by atoms with Crippen molar-refractivity contribution in [3.05, 3.63) is 76.1 Å². The maximum absolute atomic E-state index is 13.7. The van der Waals surface area contributed by atoms with Crippen LogP contribution in [-0.2, 0) is 31.6 Å². The van der Waals surface area contributed by atoms with E-state index in [9.17, 15) is 36.0 Å². The maximum atomic E-state index is 13.7. The minimum absolute atomic E-state index is 0.00244.